The number of carbonyl (C=O) groups is 1. The summed E-state index contributed by atoms with van der Waals surface area (Å²) < 4.78 is 52.8. The minimum absolute atomic E-state index is 0.0171. The molecular weight excluding hydrogens is 670 g/mol. The van der Waals surface area contributed by atoms with Gasteiger partial charge in [-0.05, 0) is 68.4 Å². The van der Waals surface area contributed by atoms with Crippen molar-refractivity contribution >= 4 is 5.78 Å². The molecule has 0 radical (unpaired) electrons. The molecule has 8 aliphatic heterocycles. The largest absolute Gasteiger partial charge is 0.392 e. The Balaban J connectivity index is 1.07. The molecule has 4 N–H and O–H groups in total. The second-order valence-electron chi connectivity index (χ2n) is 17.2. The molecule has 52 heavy (non-hydrogen) atoms. The number of carbonyl (C=O) groups excluding carboxylic acids is 1. The lowest BCUT2D eigenvalue weighted by molar-refractivity contribution is -0.299. The lowest BCUT2D eigenvalue weighted by Crippen LogP contribution is -2.63. The van der Waals surface area contributed by atoms with Crippen LogP contribution in [0.25, 0.3) is 0 Å². The number of hydrogen-bond donors (Lipinski definition) is 3. The van der Waals surface area contributed by atoms with Crippen LogP contribution in [0.3, 0.4) is 0 Å². The van der Waals surface area contributed by atoms with Crippen molar-refractivity contribution < 1.29 is 52.9 Å². The Bertz CT molecular complexity index is 1330. The standard InChI is InChI=1S/C40H61NO11/c1-20-13-25-5-7-29-21(2)14-27(46-29)9-11-40-12-10-31(51-40)37-35(44)39(52-40)38-30(50-37)8-6-26(48-38)15-23(42)16-28-33(18-32(47-25)22(20)3)49-34(36(28)45-4)17-24(43)19-41/h20,24-39,43-44H,2-3,5-19,41H2,1,4H3/t20-,24+,25+,26?,27+,28+,29+,30+,31+,32-,33+,34-,35-,36-,37+,38+,39-,40+/m1/s1. The van der Waals surface area contributed by atoms with Crippen LogP contribution >= 0.6 is 0 Å². The molecular formula is C40H61NO11. The Hall–Kier alpha value is -1.29. The highest BCUT2D eigenvalue weighted by atomic mass is 16.7. The first-order valence-corrected chi connectivity index (χ1v) is 20.1. The van der Waals surface area contributed by atoms with Gasteiger partial charge in [-0.25, -0.2) is 0 Å². The molecule has 12 heteroatoms. The van der Waals surface area contributed by atoms with Crippen molar-refractivity contribution in [3.63, 3.8) is 0 Å². The van der Waals surface area contributed by atoms with Crippen LogP contribution < -0.4 is 5.73 Å². The van der Waals surface area contributed by atoms with Gasteiger partial charge in [-0.3, -0.25) is 4.79 Å². The molecule has 0 aromatic heterocycles. The smallest absolute Gasteiger partial charge is 0.169 e. The van der Waals surface area contributed by atoms with Crippen molar-refractivity contribution in [2.75, 3.05) is 13.7 Å². The summed E-state index contributed by atoms with van der Waals surface area (Å²) in [6, 6.07) is 0. The number of ether oxygens (including phenoxy) is 8. The Morgan fingerprint density at radius 2 is 1.60 bits per heavy atom. The first kappa shape index (κ1) is 37.6. The quantitative estimate of drug-likeness (QED) is 0.363. The molecule has 0 amide bonds. The van der Waals surface area contributed by atoms with Gasteiger partial charge in [-0.1, -0.05) is 20.1 Å². The second kappa shape index (κ2) is 15.3. The molecule has 12 nitrogen and oxygen atoms in total. The van der Waals surface area contributed by atoms with E-state index in [1.54, 1.807) is 7.11 Å². The molecule has 8 saturated heterocycles. The van der Waals surface area contributed by atoms with Gasteiger partial charge in [0.05, 0.1) is 67.1 Å². The van der Waals surface area contributed by atoms with Gasteiger partial charge in [0.2, 0.25) is 0 Å². The summed E-state index contributed by atoms with van der Waals surface area (Å²) >= 11 is 0. The number of hydrogen-bond acceptors (Lipinski definition) is 12. The Morgan fingerprint density at radius 3 is 2.40 bits per heavy atom. The SMILES string of the molecule is C=C1C[C@@H]2CC[C@]34CC[C@H](O3)[C@@H]3O[C@H]5CCC(CC(=O)C[C@@H]6[C@@H](OC)[C@@H](C[C@H](O)CN)O[C@H]6C[C@H]6O[C@@H](CC[C@@H]1O2)C[C@@H](C)C6=C)O[C@@H]5[C@H](O4)[C@@H]3O. The fourth-order valence-electron chi connectivity index (χ4n) is 10.8. The van der Waals surface area contributed by atoms with Crippen LogP contribution in [0.2, 0.25) is 0 Å². The molecule has 8 rings (SSSR count). The van der Waals surface area contributed by atoms with E-state index in [0.717, 1.165) is 56.1 Å². The van der Waals surface area contributed by atoms with Crippen LogP contribution in [-0.2, 0) is 42.7 Å². The van der Waals surface area contributed by atoms with E-state index in [-0.39, 0.29) is 85.8 Å². The van der Waals surface area contributed by atoms with Crippen molar-refractivity contribution in [2.45, 2.75) is 194 Å². The number of aliphatic hydroxyl groups is 2. The topological polar surface area (TPSA) is 157 Å². The Labute approximate surface area is 308 Å². The molecule has 8 aliphatic rings. The van der Waals surface area contributed by atoms with E-state index in [2.05, 4.69) is 20.1 Å². The van der Waals surface area contributed by atoms with E-state index < -0.39 is 48.5 Å². The van der Waals surface area contributed by atoms with Crippen molar-refractivity contribution in [3.8, 4) is 0 Å². The third-order valence-electron chi connectivity index (χ3n) is 13.7. The third-order valence-corrected chi connectivity index (χ3v) is 13.7. The van der Waals surface area contributed by atoms with Crippen LogP contribution in [-0.4, -0.2) is 127 Å². The summed E-state index contributed by atoms with van der Waals surface area (Å²) in [6.07, 6.45) is 3.51. The lowest BCUT2D eigenvalue weighted by Gasteiger charge is -2.49. The van der Waals surface area contributed by atoms with Crippen LogP contribution in [0.4, 0.5) is 0 Å². The van der Waals surface area contributed by atoms with Crippen LogP contribution in [0.5, 0.6) is 0 Å². The fourth-order valence-corrected chi connectivity index (χ4v) is 10.8. The summed E-state index contributed by atoms with van der Waals surface area (Å²) in [5.74, 6) is -0.766. The zero-order valence-electron chi connectivity index (χ0n) is 31.0. The molecule has 8 fully saturated rings. The summed E-state index contributed by atoms with van der Waals surface area (Å²) in [5.41, 5.74) is 7.96. The lowest BCUT2D eigenvalue weighted by atomic mass is 9.81. The molecule has 0 aromatic carbocycles. The van der Waals surface area contributed by atoms with Crippen LogP contribution in [0, 0.1) is 11.8 Å². The van der Waals surface area contributed by atoms with Crippen molar-refractivity contribution in [1.82, 2.24) is 0 Å². The van der Waals surface area contributed by atoms with E-state index in [0.29, 0.717) is 32.1 Å². The van der Waals surface area contributed by atoms with E-state index >= 15 is 0 Å². The number of rotatable bonds is 4. The van der Waals surface area contributed by atoms with Crippen molar-refractivity contribution in [2.24, 2.45) is 17.6 Å². The molecule has 0 aliphatic carbocycles. The van der Waals surface area contributed by atoms with Crippen LogP contribution in [0.15, 0.2) is 24.3 Å². The van der Waals surface area contributed by atoms with Crippen molar-refractivity contribution in [1.29, 1.82) is 0 Å². The maximum Gasteiger partial charge on any atom is 0.169 e. The average Bonchev–Trinajstić information content (AvgIpc) is 3.79. The summed E-state index contributed by atoms with van der Waals surface area (Å²) in [4.78, 5) is 14.0. The number of nitrogens with two attached hydrogens (primary N) is 1. The highest BCUT2D eigenvalue weighted by Gasteiger charge is 2.60. The predicted molar refractivity (Wildman–Crippen MR) is 188 cm³/mol. The zero-order chi connectivity index (χ0) is 36.3. The maximum absolute atomic E-state index is 14.0. The van der Waals surface area contributed by atoms with Gasteiger partial charge in [-0.15, -0.1) is 0 Å². The van der Waals surface area contributed by atoms with E-state index in [1.807, 2.05) is 0 Å². The van der Waals surface area contributed by atoms with Gasteiger partial charge < -0.3 is 53.8 Å². The molecule has 1 spiro atoms. The van der Waals surface area contributed by atoms with Gasteiger partial charge in [0.15, 0.2) is 5.79 Å². The minimum atomic E-state index is -0.890. The highest BCUT2D eigenvalue weighted by molar-refractivity contribution is 5.79. The van der Waals surface area contributed by atoms with Gasteiger partial charge in [0.25, 0.3) is 0 Å². The molecule has 1 unspecified atom stereocenters. The number of Topliss-reactive ketones (excluding diaryl/α,β-unsaturated/α-hetero) is 1. The van der Waals surface area contributed by atoms with E-state index in [1.165, 1.54) is 0 Å². The third kappa shape index (κ3) is 7.36. The number of ketones is 1. The second-order valence-corrected chi connectivity index (χ2v) is 17.2. The van der Waals surface area contributed by atoms with Gasteiger partial charge in [-0.2, -0.15) is 0 Å². The normalized spacial score (nSPS) is 50.4. The molecule has 10 bridgehead atoms. The van der Waals surface area contributed by atoms with Gasteiger partial charge in [0, 0.05) is 58.1 Å². The minimum Gasteiger partial charge on any atom is -0.392 e. The molecule has 18 atom stereocenters. The molecule has 0 aromatic rings. The summed E-state index contributed by atoms with van der Waals surface area (Å²) in [5, 5.41) is 22.1. The first-order valence-electron chi connectivity index (χ1n) is 20.1. The summed E-state index contributed by atoms with van der Waals surface area (Å²) in [7, 11) is 1.64. The van der Waals surface area contributed by atoms with Gasteiger partial charge in [0.1, 0.15) is 30.2 Å². The Kier molecular flexibility index (Phi) is 11.1. The van der Waals surface area contributed by atoms with E-state index in [9.17, 15) is 15.0 Å². The molecule has 0 saturated carbocycles. The van der Waals surface area contributed by atoms with Crippen molar-refractivity contribution in [3.05, 3.63) is 24.3 Å². The zero-order valence-corrected chi connectivity index (χ0v) is 31.0. The predicted octanol–water partition coefficient (Wildman–Crippen LogP) is 3.42. The summed E-state index contributed by atoms with van der Waals surface area (Å²) in [6.45, 7) is 11.2. The number of aliphatic hydroxyl groups excluding tert-OH is 2. The van der Waals surface area contributed by atoms with Gasteiger partial charge >= 0.3 is 0 Å². The molecule has 8 heterocycles. The molecule has 292 valence electrons. The van der Waals surface area contributed by atoms with Crippen LogP contribution in [0.1, 0.15) is 96.8 Å². The maximum atomic E-state index is 14.0. The monoisotopic (exact) mass is 731 g/mol. The number of methoxy groups -OCH3 is 1. The number of fused-ring (bicyclic) bond motifs is 9. The fraction of sp³-hybridized carbons (Fsp3) is 0.875. The van der Waals surface area contributed by atoms with E-state index in [4.69, 9.17) is 43.6 Å². The first-order chi connectivity index (χ1) is 25.0. The average molecular weight is 732 g/mol. The Morgan fingerprint density at radius 1 is 0.827 bits per heavy atom. The highest BCUT2D eigenvalue weighted by Crippen LogP contribution is 2.49.